The lowest BCUT2D eigenvalue weighted by molar-refractivity contribution is -0.113. The monoisotopic (exact) mass is 181 g/mol. The maximum atomic E-state index is 10.8. The number of aliphatic hydroxyl groups is 1. The molecule has 13 heavy (non-hydrogen) atoms. The molecule has 0 aliphatic carbocycles. The average Bonchev–Trinajstić information content (AvgIpc) is 2.03. The molecule has 0 atom stereocenters. The summed E-state index contributed by atoms with van der Waals surface area (Å²) < 4.78 is 0. The first-order chi connectivity index (χ1) is 5.99. The van der Waals surface area contributed by atoms with Crippen LogP contribution in [0, 0.1) is 0 Å². The smallest absolute Gasteiger partial charge is 0.269 e. The first kappa shape index (κ1) is 11.3. The standard InChI is InChI=1S/C9H11NO3/c1-4-9(13)10-5-8(6(2)11)7(3)12/h4-5,11H,1H2,2-3H3/b8-6+,10-5?. The van der Waals surface area contributed by atoms with Crippen molar-refractivity contribution in [3.05, 3.63) is 24.0 Å². The third kappa shape index (κ3) is 4.00. The Labute approximate surface area is 76.3 Å². The topological polar surface area (TPSA) is 66.7 Å². The van der Waals surface area contributed by atoms with Gasteiger partial charge < -0.3 is 5.11 Å². The number of hydrogen-bond acceptors (Lipinski definition) is 3. The number of rotatable bonds is 3. The van der Waals surface area contributed by atoms with E-state index in [1.54, 1.807) is 0 Å². The highest BCUT2D eigenvalue weighted by Gasteiger charge is 2.04. The summed E-state index contributed by atoms with van der Waals surface area (Å²) in [5, 5.41) is 9.00. The van der Waals surface area contributed by atoms with Crippen LogP contribution in [-0.2, 0) is 9.59 Å². The number of amides is 1. The molecule has 0 fully saturated rings. The Bertz CT molecular complexity index is 296. The fourth-order valence-corrected chi connectivity index (χ4v) is 0.620. The molecular formula is C9H11NO3. The number of allylic oxidation sites excluding steroid dienone is 2. The van der Waals surface area contributed by atoms with Gasteiger partial charge in [-0.05, 0) is 19.9 Å². The molecule has 0 bridgehead atoms. The fraction of sp³-hybridized carbons (Fsp3) is 0.222. The molecule has 0 aromatic rings. The molecule has 0 saturated heterocycles. The van der Waals surface area contributed by atoms with E-state index in [0.717, 1.165) is 12.3 Å². The van der Waals surface area contributed by atoms with Crippen LogP contribution in [-0.4, -0.2) is 23.0 Å². The van der Waals surface area contributed by atoms with Gasteiger partial charge in [-0.25, -0.2) is 4.99 Å². The van der Waals surface area contributed by atoms with E-state index in [4.69, 9.17) is 5.11 Å². The van der Waals surface area contributed by atoms with E-state index in [1.807, 2.05) is 0 Å². The predicted octanol–water partition coefficient (Wildman–Crippen LogP) is 1.19. The van der Waals surface area contributed by atoms with Crippen molar-refractivity contribution in [2.75, 3.05) is 0 Å². The number of ketones is 1. The predicted molar refractivity (Wildman–Crippen MR) is 49.7 cm³/mol. The maximum Gasteiger partial charge on any atom is 0.269 e. The molecular weight excluding hydrogens is 170 g/mol. The maximum absolute atomic E-state index is 10.8. The Morgan fingerprint density at radius 2 is 1.92 bits per heavy atom. The third-order valence-corrected chi connectivity index (χ3v) is 1.26. The van der Waals surface area contributed by atoms with Crippen LogP contribution in [0.3, 0.4) is 0 Å². The van der Waals surface area contributed by atoms with Crippen LogP contribution in [0.2, 0.25) is 0 Å². The lowest BCUT2D eigenvalue weighted by Crippen LogP contribution is -2.02. The minimum Gasteiger partial charge on any atom is -0.512 e. The van der Waals surface area contributed by atoms with Gasteiger partial charge in [0.2, 0.25) is 0 Å². The second kappa shape index (κ2) is 5.03. The van der Waals surface area contributed by atoms with Crippen molar-refractivity contribution in [1.29, 1.82) is 0 Å². The molecule has 1 N–H and O–H groups in total. The number of aliphatic hydroxyl groups excluding tert-OH is 1. The van der Waals surface area contributed by atoms with Gasteiger partial charge in [0.25, 0.3) is 5.91 Å². The van der Waals surface area contributed by atoms with Crippen molar-refractivity contribution in [2.45, 2.75) is 13.8 Å². The molecule has 70 valence electrons. The largest absolute Gasteiger partial charge is 0.512 e. The zero-order valence-corrected chi connectivity index (χ0v) is 7.57. The Balaban J connectivity index is 4.75. The van der Waals surface area contributed by atoms with Gasteiger partial charge in [-0.2, -0.15) is 0 Å². The normalized spacial score (nSPS) is 12.5. The molecule has 0 unspecified atom stereocenters. The van der Waals surface area contributed by atoms with Crippen LogP contribution >= 0.6 is 0 Å². The molecule has 0 heterocycles. The van der Waals surface area contributed by atoms with Gasteiger partial charge in [0.05, 0.1) is 5.57 Å². The summed E-state index contributed by atoms with van der Waals surface area (Å²) in [5.74, 6) is -1.06. The Morgan fingerprint density at radius 3 is 2.23 bits per heavy atom. The first-order valence-corrected chi connectivity index (χ1v) is 3.60. The van der Waals surface area contributed by atoms with Crippen LogP contribution < -0.4 is 0 Å². The second-order valence-corrected chi connectivity index (χ2v) is 2.36. The van der Waals surface area contributed by atoms with Crippen LogP contribution in [0.4, 0.5) is 0 Å². The molecule has 0 aromatic carbocycles. The number of carbonyl (C=O) groups is 2. The second-order valence-electron chi connectivity index (χ2n) is 2.36. The molecule has 0 rings (SSSR count). The summed E-state index contributed by atoms with van der Waals surface area (Å²) in [6, 6.07) is 0. The fourth-order valence-electron chi connectivity index (χ4n) is 0.620. The number of hydrogen-bond donors (Lipinski definition) is 1. The van der Waals surface area contributed by atoms with E-state index in [0.29, 0.717) is 0 Å². The van der Waals surface area contributed by atoms with E-state index in [-0.39, 0.29) is 17.1 Å². The van der Waals surface area contributed by atoms with Crippen LogP contribution in [0.1, 0.15) is 13.8 Å². The van der Waals surface area contributed by atoms with Gasteiger partial charge in [-0.1, -0.05) is 6.58 Å². The van der Waals surface area contributed by atoms with E-state index < -0.39 is 5.91 Å². The summed E-state index contributed by atoms with van der Waals surface area (Å²) in [4.78, 5) is 24.8. The molecule has 1 amide bonds. The average molecular weight is 181 g/mol. The number of nitrogens with zero attached hydrogens (tertiary/aromatic N) is 1. The zero-order chi connectivity index (χ0) is 10.4. The molecule has 0 saturated carbocycles. The van der Waals surface area contributed by atoms with E-state index in [2.05, 4.69) is 11.6 Å². The summed E-state index contributed by atoms with van der Waals surface area (Å²) >= 11 is 0. The van der Waals surface area contributed by atoms with Crippen LogP contribution in [0.25, 0.3) is 0 Å². The summed E-state index contributed by atoms with van der Waals surface area (Å²) in [6.45, 7) is 5.83. The molecule has 0 aliphatic rings. The third-order valence-electron chi connectivity index (χ3n) is 1.26. The molecule has 4 heteroatoms. The minimum atomic E-state index is -0.556. The minimum absolute atomic E-state index is 0.0233. The number of carbonyl (C=O) groups excluding carboxylic acids is 2. The van der Waals surface area contributed by atoms with Gasteiger partial charge in [-0.15, -0.1) is 0 Å². The van der Waals surface area contributed by atoms with Gasteiger partial charge >= 0.3 is 0 Å². The van der Waals surface area contributed by atoms with Gasteiger partial charge in [-0.3, -0.25) is 9.59 Å². The number of aliphatic imine (C=N–C) groups is 1. The van der Waals surface area contributed by atoms with Gasteiger partial charge in [0.1, 0.15) is 5.76 Å². The quantitative estimate of drug-likeness (QED) is 0.404. The van der Waals surface area contributed by atoms with Crippen LogP contribution in [0.5, 0.6) is 0 Å². The first-order valence-electron chi connectivity index (χ1n) is 3.60. The van der Waals surface area contributed by atoms with Crippen LogP contribution in [0.15, 0.2) is 29.0 Å². The lowest BCUT2D eigenvalue weighted by Gasteiger charge is -1.95. The summed E-state index contributed by atoms with van der Waals surface area (Å²) in [6.07, 6.45) is 2.04. The molecule has 0 aromatic heterocycles. The number of Topliss-reactive ketones (excluding diaryl/α,β-unsaturated/α-hetero) is 1. The molecule has 4 nitrogen and oxygen atoms in total. The molecule has 0 radical (unpaired) electrons. The van der Waals surface area contributed by atoms with E-state index in [9.17, 15) is 9.59 Å². The molecule has 0 aliphatic heterocycles. The highest BCUT2D eigenvalue weighted by atomic mass is 16.3. The van der Waals surface area contributed by atoms with Crippen molar-refractivity contribution < 1.29 is 14.7 Å². The highest BCUT2D eigenvalue weighted by Crippen LogP contribution is 1.99. The lowest BCUT2D eigenvalue weighted by atomic mass is 10.2. The highest BCUT2D eigenvalue weighted by molar-refractivity contribution is 6.14. The van der Waals surface area contributed by atoms with E-state index in [1.165, 1.54) is 13.8 Å². The van der Waals surface area contributed by atoms with Crippen molar-refractivity contribution in [3.63, 3.8) is 0 Å². The van der Waals surface area contributed by atoms with Crippen molar-refractivity contribution >= 4 is 17.9 Å². The summed E-state index contributed by atoms with van der Waals surface area (Å²) in [5.41, 5.74) is 0.0233. The van der Waals surface area contributed by atoms with E-state index >= 15 is 0 Å². The summed E-state index contributed by atoms with van der Waals surface area (Å²) in [7, 11) is 0. The SMILES string of the molecule is C=CC(=O)N=C/C(C(C)=O)=C(/C)O. The van der Waals surface area contributed by atoms with Crippen molar-refractivity contribution in [1.82, 2.24) is 0 Å². The van der Waals surface area contributed by atoms with Gasteiger partial charge in [0, 0.05) is 6.21 Å². The van der Waals surface area contributed by atoms with Crippen molar-refractivity contribution in [3.8, 4) is 0 Å². The zero-order valence-electron chi connectivity index (χ0n) is 7.57. The molecule has 0 spiro atoms. The Hall–Kier alpha value is -1.71. The Morgan fingerprint density at radius 1 is 1.38 bits per heavy atom. The Kier molecular flexibility index (Phi) is 4.37. The van der Waals surface area contributed by atoms with Crippen molar-refractivity contribution in [2.24, 2.45) is 4.99 Å². The van der Waals surface area contributed by atoms with Gasteiger partial charge in [0.15, 0.2) is 5.78 Å².